The zero-order valence-electron chi connectivity index (χ0n) is 34.5. The molecule has 0 fully saturated rings. The van der Waals surface area contributed by atoms with Crippen molar-refractivity contribution in [3.8, 4) is 22.6 Å². The molecule has 2 aliphatic rings. The summed E-state index contributed by atoms with van der Waals surface area (Å²) >= 11 is 0. The van der Waals surface area contributed by atoms with Gasteiger partial charge in [0.2, 0.25) is 0 Å². The van der Waals surface area contributed by atoms with Crippen molar-refractivity contribution in [3.63, 3.8) is 0 Å². The molecule has 0 bridgehead atoms. The van der Waals surface area contributed by atoms with Crippen LogP contribution in [0.5, 0.6) is 5.75 Å². The van der Waals surface area contributed by atoms with E-state index in [0.717, 1.165) is 69.3 Å². The van der Waals surface area contributed by atoms with Crippen LogP contribution in [0.25, 0.3) is 45.6 Å². The molecule has 4 nitrogen and oxygen atoms in total. The van der Waals surface area contributed by atoms with Crippen molar-refractivity contribution < 1.29 is 9.84 Å². The normalized spacial score (nSPS) is 14.5. The van der Waals surface area contributed by atoms with Gasteiger partial charge in [0.15, 0.2) is 0 Å². The third kappa shape index (κ3) is 6.90. The molecule has 6 aromatic carbocycles. The standard InChI is InChI=1S/C51H42N2O.C2H6.CH4O/c1-6-16-45-42(7-2)43-29-27-40(32-46(43)51(45,4)5)53(39-25-23-36(24-26-39)35-17-10-8-11-18-35)41-28-30-44-47(33-41)52(38-20-12-9-13-21-38)34(3)50(44)49-31-37-19-14-15-22-48(37)54-49;2*1-2/h6-30,32-33H,2-3,31H2,1,4-5H3;1-2H3;2H,1H3/b16-6-,50-49-;;. The molecule has 1 N–H and O–H groups in total. The van der Waals surface area contributed by atoms with Gasteiger partial charge in [0.1, 0.15) is 11.5 Å². The number of hydrogen-bond donors (Lipinski definition) is 1. The summed E-state index contributed by atoms with van der Waals surface area (Å²) < 4.78 is 8.82. The minimum atomic E-state index is -0.191. The maximum Gasteiger partial charge on any atom is 0.130 e. The Bertz CT molecular complexity index is 2740. The van der Waals surface area contributed by atoms with Gasteiger partial charge in [-0.15, -0.1) is 0 Å². The fourth-order valence-electron chi connectivity index (χ4n) is 8.50. The summed E-state index contributed by atoms with van der Waals surface area (Å²) in [4.78, 5) is 2.38. The van der Waals surface area contributed by atoms with Crippen molar-refractivity contribution in [2.45, 2.75) is 46.5 Å². The van der Waals surface area contributed by atoms with Gasteiger partial charge in [-0.1, -0.05) is 144 Å². The van der Waals surface area contributed by atoms with E-state index >= 15 is 0 Å². The summed E-state index contributed by atoms with van der Waals surface area (Å²) in [6.07, 6.45) is 7.10. The van der Waals surface area contributed by atoms with E-state index in [1.54, 1.807) is 0 Å². The largest absolute Gasteiger partial charge is 0.460 e. The number of para-hydroxylation sites is 2. The first-order valence-corrected chi connectivity index (χ1v) is 20.1. The molecular weight excluding hydrogens is 709 g/mol. The Labute approximate surface area is 343 Å². The highest BCUT2D eigenvalue weighted by Gasteiger charge is 2.36. The molecule has 9 rings (SSSR count). The Morgan fingerprint density at radius 1 is 0.724 bits per heavy atom. The van der Waals surface area contributed by atoms with Crippen LogP contribution in [0.3, 0.4) is 0 Å². The van der Waals surface area contributed by atoms with Crippen LogP contribution in [-0.4, -0.2) is 16.8 Å². The van der Waals surface area contributed by atoms with Crippen molar-refractivity contribution >= 4 is 45.9 Å². The molecule has 1 aliphatic heterocycles. The summed E-state index contributed by atoms with van der Waals surface area (Å²) in [7, 11) is 1.00. The smallest absolute Gasteiger partial charge is 0.130 e. The van der Waals surface area contributed by atoms with Gasteiger partial charge in [-0.2, -0.15) is 0 Å². The lowest BCUT2D eigenvalue weighted by molar-refractivity contribution is 0.399. The van der Waals surface area contributed by atoms with Crippen molar-refractivity contribution in [1.82, 2.24) is 4.57 Å². The zero-order valence-corrected chi connectivity index (χ0v) is 34.5. The highest BCUT2D eigenvalue weighted by molar-refractivity contribution is 5.93. The van der Waals surface area contributed by atoms with Crippen LogP contribution >= 0.6 is 0 Å². The van der Waals surface area contributed by atoms with Crippen molar-refractivity contribution in [2.24, 2.45) is 0 Å². The molecule has 0 radical (unpaired) electrons. The molecule has 4 heteroatoms. The maximum atomic E-state index is 7.00. The SMILES string of the molecule is C=CC1=C(/C=C\C)C(C)(C)c2cc(N(c3ccc(-c4ccccc4)cc3)c3ccc4/c(=C5/Cc6ccccc6O5)c(=C)n(-c5ccccc5)c4c3)ccc21.CC.CO. The molecule has 2 heterocycles. The third-order valence-corrected chi connectivity index (χ3v) is 11.1. The summed E-state index contributed by atoms with van der Waals surface area (Å²) in [5, 5.41) is 10.1. The number of benzene rings is 6. The van der Waals surface area contributed by atoms with Crippen LogP contribution in [0, 0.1) is 0 Å². The number of aliphatic hydroxyl groups is 1. The molecule has 0 spiro atoms. The number of aliphatic hydroxyl groups excluding tert-OH is 1. The van der Waals surface area contributed by atoms with Gasteiger partial charge in [-0.3, -0.25) is 0 Å². The van der Waals surface area contributed by atoms with E-state index in [1.807, 2.05) is 32.1 Å². The van der Waals surface area contributed by atoms with Gasteiger partial charge in [0, 0.05) is 57.9 Å². The van der Waals surface area contributed by atoms with Gasteiger partial charge in [-0.05, 0) is 101 Å². The van der Waals surface area contributed by atoms with Gasteiger partial charge >= 0.3 is 0 Å². The monoisotopic (exact) mass is 760 g/mol. The Morgan fingerprint density at radius 2 is 1.33 bits per heavy atom. The molecule has 0 amide bonds. The molecule has 1 aromatic heterocycles. The van der Waals surface area contributed by atoms with Gasteiger partial charge in [0.25, 0.3) is 0 Å². The quantitative estimate of drug-likeness (QED) is 0.176. The fourth-order valence-corrected chi connectivity index (χ4v) is 8.50. The Kier molecular flexibility index (Phi) is 11.5. The number of aromatic nitrogens is 1. The highest BCUT2D eigenvalue weighted by Crippen LogP contribution is 2.49. The second kappa shape index (κ2) is 16.9. The Morgan fingerprint density at radius 3 is 2.00 bits per heavy atom. The van der Waals surface area contributed by atoms with E-state index in [2.05, 4.69) is 182 Å². The number of anilines is 3. The number of nitrogens with zero attached hydrogens (tertiary/aromatic N) is 2. The molecular formula is C54H52N2O2. The van der Waals surface area contributed by atoms with E-state index in [0.29, 0.717) is 0 Å². The molecule has 7 aromatic rings. The lowest BCUT2D eigenvalue weighted by atomic mass is 9.80. The average molecular weight is 761 g/mol. The topological polar surface area (TPSA) is 37.6 Å². The molecule has 1 aliphatic carbocycles. The van der Waals surface area contributed by atoms with Crippen molar-refractivity contribution in [3.05, 3.63) is 203 Å². The summed E-state index contributed by atoms with van der Waals surface area (Å²) in [6, 6.07) is 52.0. The first-order chi connectivity index (χ1) is 28.4. The van der Waals surface area contributed by atoms with Crippen LogP contribution in [0.4, 0.5) is 17.1 Å². The first kappa shape index (κ1) is 39.6. The second-order valence-corrected chi connectivity index (χ2v) is 14.6. The van der Waals surface area contributed by atoms with Crippen LogP contribution in [0.1, 0.15) is 51.3 Å². The van der Waals surface area contributed by atoms with Crippen LogP contribution in [-0.2, 0) is 11.8 Å². The third-order valence-electron chi connectivity index (χ3n) is 11.1. The number of allylic oxidation sites excluding steroid dienone is 5. The van der Waals surface area contributed by atoms with E-state index in [4.69, 9.17) is 16.4 Å². The van der Waals surface area contributed by atoms with E-state index in [-0.39, 0.29) is 5.41 Å². The van der Waals surface area contributed by atoms with Crippen molar-refractivity contribution in [2.75, 3.05) is 12.0 Å². The lowest BCUT2D eigenvalue weighted by Gasteiger charge is -2.29. The predicted molar refractivity (Wildman–Crippen MR) is 247 cm³/mol. The van der Waals surface area contributed by atoms with Crippen LogP contribution < -0.4 is 20.2 Å². The van der Waals surface area contributed by atoms with Crippen molar-refractivity contribution in [1.29, 1.82) is 0 Å². The minimum Gasteiger partial charge on any atom is -0.460 e. The van der Waals surface area contributed by atoms with E-state index in [1.165, 1.54) is 39.0 Å². The predicted octanol–water partition coefficient (Wildman–Crippen LogP) is 12.4. The summed E-state index contributed by atoms with van der Waals surface area (Å²) in [6.45, 7) is 19.6. The summed E-state index contributed by atoms with van der Waals surface area (Å²) in [5.41, 5.74) is 13.8. The average Bonchev–Trinajstić information content (AvgIpc) is 3.90. The molecule has 0 saturated heterocycles. The van der Waals surface area contributed by atoms with Crippen LogP contribution in [0.15, 0.2) is 176 Å². The zero-order chi connectivity index (χ0) is 41.0. The van der Waals surface area contributed by atoms with Gasteiger partial charge in [0.05, 0.1) is 10.9 Å². The minimum absolute atomic E-state index is 0.191. The number of rotatable bonds is 7. The van der Waals surface area contributed by atoms with E-state index < -0.39 is 0 Å². The summed E-state index contributed by atoms with van der Waals surface area (Å²) in [5.74, 6) is 1.85. The molecule has 0 saturated carbocycles. The fraction of sp³-hybridized carbons (Fsp3) is 0.148. The van der Waals surface area contributed by atoms with Crippen LogP contribution in [0.2, 0.25) is 0 Å². The van der Waals surface area contributed by atoms with E-state index in [9.17, 15) is 0 Å². The maximum absolute atomic E-state index is 7.00. The molecule has 290 valence electrons. The first-order valence-electron chi connectivity index (χ1n) is 20.1. The second-order valence-electron chi connectivity index (χ2n) is 14.6. The molecule has 58 heavy (non-hydrogen) atoms. The van der Waals surface area contributed by atoms with Gasteiger partial charge in [-0.25, -0.2) is 0 Å². The molecule has 0 atom stereocenters. The number of fused-ring (bicyclic) bond motifs is 3. The highest BCUT2D eigenvalue weighted by atomic mass is 16.5. The Hall–Kier alpha value is -6.62. The molecule has 0 unspecified atom stereocenters. The number of hydrogen-bond acceptors (Lipinski definition) is 3. The number of ether oxygens (including phenoxy) is 1. The van der Waals surface area contributed by atoms with Gasteiger partial charge < -0.3 is 19.3 Å². The Balaban J connectivity index is 0.00000124. The lowest BCUT2D eigenvalue weighted by Crippen LogP contribution is -2.29.